The molecule has 0 aliphatic heterocycles. The Bertz CT molecular complexity index is 483. The standard InChI is InChI=1S/C16H26N4/c1-10-18-11(2)20(19-10)9-15(17)16-6-12-3-13(7-16)5-14(4-12)8-16/h12-15H,3-9,17H2,1-2H3. The van der Waals surface area contributed by atoms with Crippen molar-refractivity contribution < 1.29 is 0 Å². The summed E-state index contributed by atoms with van der Waals surface area (Å²) in [4.78, 5) is 4.41. The van der Waals surface area contributed by atoms with Crippen LogP contribution in [0.1, 0.15) is 50.2 Å². The molecule has 1 unspecified atom stereocenters. The van der Waals surface area contributed by atoms with Crippen molar-refractivity contribution in [3.63, 3.8) is 0 Å². The second kappa shape index (κ2) is 4.30. The normalized spacial score (nSPS) is 40.2. The smallest absolute Gasteiger partial charge is 0.147 e. The molecule has 0 spiro atoms. The highest BCUT2D eigenvalue weighted by Crippen LogP contribution is 2.61. The van der Waals surface area contributed by atoms with E-state index in [9.17, 15) is 0 Å². The third kappa shape index (κ3) is 1.92. The van der Waals surface area contributed by atoms with E-state index in [2.05, 4.69) is 10.1 Å². The molecule has 4 nitrogen and oxygen atoms in total. The Morgan fingerprint density at radius 3 is 2.15 bits per heavy atom. The average molecular weight is 274 g/mol. The molecule has 4 fully saturated rings. The lowest BCUT2D eigenvalue weighted by molar-refractivity contribution is -0.0700. The summed E-state index contributed by atoms with van der Waals surface area (Å²) in [5, 5.41) is 4.50. The maximum absolute atomic E-state index is 6.69. The maximum Gasteiger partial charge on any atom is 0.147 e. The summed E-state index contributed by atoms with van der Waals surface area (Å²) in [6.07, 6.45) is 8.54. The highest BCUT2D eigenvalue weighted by Gasteiger charge is 2.53. The first-order valence-corrected chi connectivity index (χ1v) is 8.18. The second-order valence-corrected chi connectivity index (χ2v) is 7.77. The molecule has 20 heavy (non-hydrogen) atoms. The fourth-order valence-corrected chi connectivity index (χ4v) is 5.75. The van der Waals surface area contributed by atoms with Crippen LogP contribution in [0.15, 0.2) is 0 Å². The molecule has 4 aliphatic rings. The molecular weight excluding hydrogens is 248 g/mol. The Morgan fingerprint density at radius 2 is 1.70 bits per heavy atom. The quantitative estimate of drug-likeness (QED) is 0.921. The van der Waals surface area contributed by atoms with Crippen molar-refractivity contribution in [2.45, 2.75) is 65.0 Å². The van der Waals surface area contributed by atoms with Gasteiger partial charge in [-0.25, -0.2) is 9.67 Å². The van der Waals surface area contributed by atoms with E-state index in [0.717, 1.165) is 35.9 Å². The van der Waals surface area contributed by atoms with E-state index in [4.69, 9.17) is 5.73 Å². The van der Waals surface area contributed by atoms with Crippen molar-refractivity contribution in [3.8, 4) is 0 Å². The third-order valence-corrected chi connectivity index (χ3v) is 6.20. The molecule has 2 N–H and O–H groups in total. The molecule has 0 aromatic carbocycles. The molecule has 0 radical (unpaired) electrons. The van der Waals surface area contributed by atoms with Gasteiger partial charge in [0.1, 0.15) is 11.6 Å². The van der Waals surface area contributed by atoms with Gasteiger partial charge in [0.2, 0.25) is 0 Å². The van der Waals surface area contributed by atoms with Gasteiger partial charge >= 0.3 is 0 Å². The molecule has 0 amide bonds. The van der Waals surface area contributed by atoms with Gasteiger partial charge in [-0.3, -0.25) is 0 Å². The molecule has 1 heterocycles. The Balaban J connectivity index is 1.56. The number of nitrogens with two attached hydrogens (primary N) is 1. The van der Waals surface area contributed by atoms with Crippen molar-refractivity contribution in [2.75, 3.05) is 0 Å². The molecule has 1 aromatic rings. The van der Waals surface area contributed by atoms with Crippen LogP contribution in [-0.2, 0) is 6.54 Å². The van der Waals surface area contributed by atoms with Crippen LogP contribution < -0.4 is 5.73 Å². The van der Waals surface area contributed by atoms with Crippen molar-refractivity contribution in [1.29, 1.82) is 0 Å². The first kappa shape index (κ1) is 12.8. The van der Waals surface area contributed by atoms with Gasteiger partial charge in [-0.15, -0.1) is 0 Å². The van der Waals surface area contributed by atoms with Crippen molar-refractivity contribution in [2.24, 2.45) is 28.9 Å². The highest BCUT2D eigenvalue weighted by molar-refractivity contribution is 5.05. The van der Waals surface area contributed by atoms with E-state index >= 15 is 0 Å². The van der Waals surface area contributed by atoms with Crippen LogP contribution in [0.2, 0.25) is 0 Å². The minimum atomic E-state index is 0.246. The number of aromatic nitrogens is 3. The largest absolute Gasteiger partial charge is 0.326 e. The number of rotatable bonds is 3. The minimum Gasteiger partial charge on any atom is -0.326 e. The van der Waals surface area contributed by atoms with Gasteiger partial charge in [0, 0.05) is 6.04 Å². The van der Waals surface area contributed by atoms with Crippen molar-refractivity contribution in [1.82, 2.24) is 14.8 Å². The van der Waals surface area contributed by atoms with Crippen LogP contribution in [0.5, 0.6) is 0 Å². The van der Waals surface area contributed by atoms with E-state index in [-0.39, 0.29) is 6.04 Å². The van der Waals surface area contributed by atoms with Gasteiger partial charge in [0.15, 0.2) is 0 Å². The van der Waals surface area contributed by atoms with Crippen LogP contribution in [0.25, 0.3) is 0 Å². The third-order valence-electron chi connectivity index (χ3n) is 6.20. The maximum atomic E-state index is 6.69. The second-order valence-electron chi connectivity index (χ2n) is 7.77. The number of hydrogen-bond donors (Lipinski definition) is 1. The van der Waals surface area contributed by atoms with E-state index in [1.54, 1.807) is 0 Å². The van der Waals surface area contributed by atoms with Gasteiger partial charge in [-0.1, -0.05) is 0 Å². The fraction of sp³-hybridized carbons (Fsp3) is 0.875. The topological polar surface area (TPSA) is 56.7 Å². The summed E-state index contributed by atoms with van der Waals surface area (Å²) in [5.74, 6) is 4.76. The lowest BCUT2D eigenvalue weighted by Gasteiger charge is -2.58. The Kier molecular flexibility index (Phi) is 2.75. The number of nitrogens with zero attached hydrogens (tertiary/aromatic N) is 3. The van der Waals surface area contributed by atoms with Gasteiger partial charge in [0.05, 0.1) is 6.54 Å². The number of aryl methyl sites for hydroxylation is 2. The summed E-state index contributed by atoms with van der Waals surface area (Å²) >= 11 is 0. The predicted molar refractivity (Wildman–Crippen MR) is 78.1 cm³/mol. The molecule has 1 aromatic heterocycles. The summed E-state index contributed by atoms with van der Waals surface area (Å²) in [5.41, 5.74) is 7.10. The van der Waals surface area contributed by atoms with Gasteiger partial charge < -0.3 is 5.73 Å². The average Bonchev–Trinajstić information content (AvgIpc) is 2.66. The minimum absolute atomic E-state index is 0.246. The first-order valence-electron chi connectivity index (χ1n) is 8.18. The van der Waals surface area contributed by atoms with Crippen LogP contribution in [-0.4, -0.2) is 20.8 Å². The molecule has 0 saturated heterocycles. The zero-order chi connectivity index (χ0) is 13.9. The Morgan fingerprint density at radius 1 is 1.15 bits per heavy atom. The summed E-state index contributed by atoms with van der Waals surface area (Å²) in [7, 11) is 0. The summed E-state index contributed by atoms with van der Waals surface area (Å²) < 4.78 is 2.03. The van der Waals surface area contributed by atoms with Crippen LogP contribution >= 0.6 is 0 Å². The number of hydrogen-bond acceptors (Lipinski definition) is 3. The van der Waals surface area contributed by atoms with E-state index in [1.807, 2.05) is 18.5 Å². The molecule has 5 rings (SSSR count). The van der Waals surface area contributed by atoms with E-state index < -0.39 is 0 Å². The molecule has 110 valence electrons. The molecule has 4 bridgehead atoms. The first-order chi connectivity index (χ1) is 9.54. The van der Waals surface area contributed by atoms with E-state index in [1.165, 1.54) is 38.5 Å². The van der Waals surface area contributed by atoms with Crippen LogP contribution in [0.4, 0.5) is 0 Å². The van der Waals surface area contributed by atoms with Gasteiger partial charge in [-0.2, -0.15) is 5.10 Å². The SMILES string of the molecule is Cc1nc(C)n(CC(N)C23CC4CC(CC(C4)C2)C3)n1. The van der Waals surface area contributed by atoms with Gasteiger partial charge in [-0.05, 0) is 75.5 Å². The molecule has 4 saturated carbocycles. The van der Waals surface area contributed by atoms with E-state index in [0.29, 0.717) is 5.41 Å². The Labute approximate surface area is 121 Å². The highest BCUT2D eigenvalue weighted by atomic mass is 15.3. The zero-order valence-electron chi connectivity index (χ0n) is 12.7. The monoisotopic (exact) mass is 274 g/mol. The molecule has 4 aliphatic carbocycles. The van der Waals surface area contributed by atoms with Crippen molar-refractivity contribution in [3.05, 3.63) is 11.6 Å². The summed E-state index contributed by atoms with van der Waals surface area (Å²) in [6, 6.07) is 0.246. The Hall–Kier alpha value is -0.900. The van der Waals surface area contributed by atoms with Crippen LogP contribution in [0.3, 0.4) is 0 Å². The zero-order valence-corrected chi connectivity index (χ0v) is 12.7. The molecular formula is C16H26N4. The van der Waals surface area contributed by atoms with Crippen molar-refractivity contribution >= 4 is 0 Å². The predicted octanol–water partition coefficient (Wildman–Crippen LogP) is 2.44. The fourth-order valence-electron chi connectivity index (χ4n) is 5.75. The molecule has 4 heteroatoms. The lowest BCUT2D eigenvalue weighted by Crippen LogP contribution is -2.55. The lowest BCUT2D eigenvalue weighted by atomic mass is 9.48. The van der Waals surface area contributed by atoms with Gasteiger partial charge in [0.25, 0.3) is 0 Å². The van der Waals surface area contributed by atoms with Crippen LogP contribution in [0, 0.1) is 37.0 Å². The molecule has 1 atom stereocenters. The summed E-state index contributed by atoms with van der Waals surface area (Å²) in [6.45, 7) is 4.84.